The molecule has 0 aliphatic rings. The summed E-state index contributed by atoms with van der Waals surface area (Å²) in [6, 6.07) is 34.9. The summed E-state index contributed by atoms with van der Waals surface area (Å²) in [6.07, 6.45) is -1.96. The number of benzene rings is 5. The molecule has 6 rings (SSSR count). The Hall–Kier alpha value is -4.44. The summed E-state index contributed by atoms with van der Waals surface area (Å²) >= 11 is 0. The van der Waals surface area contributed by atoms with E-state index in [0.717, 1.165) is 44.1 Å². The number of aryl methyl sites for hydroxylation is 1. The molecule has 186 valence electrons. The maximum absolute atomic E-state index is 13.5. The molecule has 1 aromatic heterocycles. The smallest absolute Gasteiger partial charge is 0.256 e. The molecule has 0 bridgehead atoms. The van der Waals surface area contributed by atoms with Crippen molar-refractivity contribution in [3.63, 3.8) is 0 Å². The minimum atomic E-state index is -4.38. The Labute approximate surface area is 219 Å². The van der Waals surface area contributed by atoms with Crippen LogP contribution in [-0.2, 0) is 12.6 Å². The van der Waals surface area contributed by atoms with Crippen LogP contribution in [0.25, 0.3) is 55.1 Å². The number of aromatic nitrogens is 1. The Kier molecular flexibility index (Phi) is 5.96. The molecule has 1 nitrogen and oxygen atoms in total. The first kappa shape index (κ1) is 23.9. The van der Waals surface area contributed by atoms with Gasteiger partial charge in [0.2, 0.25) is 0 Å². The van der Waals surface area contributed by atoms with Crippen molar-refractivity contribution in [1.82, 2.24) is 4.98 Å². The van der Waals surface area contributed by atoms with Gasteiger partial charge >= 0.3 is 6.18 Å². The number of rotatable bonds is 4. The van der Waals surface area contributed by atoms with E-state index in [2.05, 4.69) is 42.5 Å². The van der Waals surface area contributed by atoms with Crippen LogP contribution in [0.5, 0.6) is 0 Å². The Morgan fingerprint density at radius 2 is 1.32 bits per heavy atom. The molecule has 0 saturated carbocycles. The van der Waals surface area contributed by atoms with Crippen LogP contribution in [0.15, 0.2) is 115 Å². The molecule has 0 radical (unpaired) electrons. The first-order valence-electron chi connectivity index (χ1n) is 12.6. The SMILES string of the molecule is CCc1cc(-c2ccc3ccc(-c4ccc(-c5cccc6ccccc56)nc4)cc3c2)cc(C(F)(F)F)c1. The van der Waals surface area contributed by atoms with Crippen LogP contribution in [0.1, 0.15) is 18.1 Å². The summed E-state index contributed by atoms with van der Waals surface area (Å²) in [6.45, 7) is 1.87. The lowest BCUT2D eigenvalue weighted by Gasteiger charge is -2.13. The monoisotopic (exact) mass is 503 g/mol. The molecule has 5 aromatic carbocycles. The van der Waals surface area contributed by atoms with Gasteiger partial charge in [-0.15, -0.1) is 0 Å². The van der Waals surface area contributed by atoms with Gasteiger partial charge in [-0.3, -0.25) is 4.98 Å². The maximum atomic E-state index is 13.5. The van der Waals surface area contributed by atoms with E-state index >= 15 is 0 Å². The number of fused-ring (bicyclic) bond motifs is 2. The second-order valence-electron chi connectivity index (χ2n) is 9.51. The molecular formula is C34H24F3N. The predicted molar refractivity (Wildman–Crippen MR) is 150 cm³/mol. The zero-order valence-corrected chi connectivity index (χ0v) is 20.8. The molecule has 0 fully saturated rings. The minimum absolute atomic E-state index is 0.538. The van der Waals surface area contributed by atoms with E-state index in [4.69, 9.17) is 4.98 Å². The van der Waals surface area contributed by atoms with Gasteiger partial charge < -0.3 is 0 Å². The van der Waals surface area contributed by atoms with Gasteiger partial charge in [0.05, 0.1) is 11.3 Å². The van der Waals surface area contributed by atoms with Crippen molar-refractivity contribution in [3.8, 4) is 33.5 Å². The van der Waals surface area contributed by atoms with Crippen LogP contribution in [0, 0.1) is 0 Å². The van der Waals surface area contributed by atoms with E-state index in [9.17, 15) is 13.2 Å². The first-order chi connectivity index (χ1) is 18.4. The van der Waals surface area contributed by atoms with Crippen molar-refractivity contribution in [2.45, 2.75) is 19.5 Å². The Balaban J connectivity index is 1.37. The lowest BCUT2D eigenvalue weighted by atomic mass is 9.95. The van der Waals surface area contributed by atoms with Crippen LogP contribution < -0.4 is 0 Å². The predicted octanol–water partition coefficient (Wildman–Crippen LogP) is 9.97. The van der Waals surface area contributed by atoms with Gasteiger partial charge in [0, 0.05) is 17.3 Å². The number of hydrogen-bond acceptors (Lipinski definition) is 1. The van der Waals surface area contributed by atoms with E-state index < -0.39 is 11.7 Å². The zero-order valence-electron chi connectivity index (χ0n) is 20.8. The molecule has 0 saturated heterocycles. The van der Waals surface area contributed by atoms with Crippen molar-refractivity contribution < 1.29 is 13.2 Å². The largest absolute Gasteiger partial charge is 0.416 e. The minimum Gasteiger partial charge on any atom is -0.256 e. The van der Waals surface area contributed by atoms with Crippen molar-refractivity contribution in [2.24, 2.45) is 0 Å². The zero-order chi connectivity index (χ0) is 26.3. The summed E-state index contributed by atoms with van der Waals surface area (Å²) in [5.41, 5.74) is 5.37. The average Bonchev–Trinajstić information content (AvgIpc) is 2.95. The van der Waals surface area contributed by atoms with Gasteiger partial charge in [-0.2, -0.15) is 13.2 Å². The fourth-order valence-electron chi connectivity index (χ4n) is 5.01. The number of nitrogens with zero attached hydrogens (tertiary/aromatic N) is 1. The lowest BCUT2D eigenvalue weighted by Crippen LogP contribution is -2.06. The molecule has 0 aliphatic heterocycles. The molecule has 0 aliphatic carbocycles. The van der Waals surface area contributed by atoms with E-state index in [0.29, 0.717) is 17.5 Å². The number of hydrogen-bond donors (Lipinski definition) is 0. The van der Waals surface area contributed by atoms with E-state index in [-0.39, 0.29) is 0 Å². The third-order valence-corrected chi connectivity index (χ3v) is 7.06. The molecule has 0 spiro atoms. The first-order valence-corrected chi connectivity index (χ1v) is 12.6. The fourth-order valence-corrected chi connectivity index (χ4v) is 5.01. The van der Waals surface area contributed by atoms with E-state index in [1.165, 1.54) is 17.5 Å². The molecule has 38 heavy (non-hydrogen) atoms. The quantitative estimate of drug-likeness (QED) is 0.233. The van der Waals surface area contributed by atoms with Gasteiger partial charge in [-0.25, -0.2) is 0 Å². The van der Waals surface area contributed by atoms with Gasteiger partial charge in [0.15, 0.2) is 0 Å². The van der Waals surface area contributed by atoms with Gasteiger partial charge in [-0.1, -0.05) is 85.8 Å². The summed E-state index contributed by atoms with van der Waals surface area (Å²) in [7, 11) is 0. The van der Waals surface area contributed by atoms with Crippen LogP contribution in [0.3, 0.4) is 0 Å². The lowest BCUT2D eigenvalue weighted by molar-refractivity contribution is -0.137. The standard InChI is InChI=1S/C34H24F3N/c1-2-22-16-28(20-30(17-22)34(35,36)37)26-13-11-23-10-12-25(18-29(23)19-26)27-14-15-33(38-21-27)32-9-5-7-24-6-3-4-8-31(24)32/h3-21H,2H2,1H3. The van der Waals surface area contributed by atoms with E-state index in [1.807, 2.05) is 67.7 Å². The fraction of sp³-hybridized carbons (Fsp3) is 0.0882. The number of pyridine rings is 1. The third kappa shape index (κ3) is 4.54. The highest BCUT2D eigenvalue weighted by Gasteiger charge is 2.31. The highest BCUT2D eigenvalue weighted by molar-refractivity contribution is 5.96. The second-order valence-corrected chi connectivity index (χ2v) is 9.51. The van der Waals surface area contributed by atoms with Crippen LogP contribution in [0.2, 0.25) is 0 Å². The van der Waals surface area contributed by atoms with Gasteiger partial charge in [-0.05, 0) is 80.6 Å². The van der Waals surface area contributed by atoms with Crippen LogP contribution >= 0.6 is 0 Å². The summed E-state index contributed by atoms with van der Waals surface area (Å²) < 4.78 is 40.5. The molecule has 0 N–H and O–H groups in total. The maximum Gasteiger partial charge on any atom is 0.416 e. The Bertz CT molecular complexity index is 1780. The van der Waals surface area contributed by atoms with Crippen molar-refractivity contribution >= 4 is 21.5 Å². The summed E-state index contributed by atoms with van der Waals surface area (Å²) in [5, 5.41) is 4.33. The summed E-state index contributed by atoms with van der Waals surface area (Å²) in [5.74, 6) is 0. The van der Waals surface area contributed by atoms with Crippen molar-refractivity contribution in [1.29, 1.82) is 0 Å². The molecule has 4 heteroatoms. The van der Waals surface area contributed by atoms with Crippen molar-refractivity contribution in [3.05, 3.63) is 127 Å². The van der Waals surface area contributed by atoms with Crippen LogP contribution in [-0.4, -0.2) is 4.98 Å². The van der Waals surface area contributed by atoms with Crippen molar-refractivity contribution in [2.75, 3.05) is 0 Å². The third-order valence-electron chi connectivity index (χ3n) is 7.06. The topological polar surface area (TPSA) is 12.9 Å². The molecule has 0 unspecified atom stereocenters. The van der Waals surface area contributed by atoms with Gasteiger partial charge in [0.1, 0.15) is 0 Å². The average molecular weight is 504 g/mol. The summed E-state index contributed by atoms with van der Waals surface area (Å²) in [4.78, 5) is 4.77. The second kappa shape index (κ2) is 9.46. The highest BCUT2D eigenvalue weighted by atomic mass is 19.4. The van der Waals surface area contributed by atoms with E-state index in [1.54, 1.807) is 0 Å². The number of alkyl halides is 3. The molecule has 0 amide bonds. The Morgan fingerprint density at radius 3 is 2.03 bits per heavy atom. The Morgan fingerprint density at radius 1 is 0.605 bits per heavy atom. The molecule has 0 atom stereocenters. The molecular weight excluding hydrogens is 479 g/mol. The van der Waals surface area contributed by atoms with Gasteiger partial charge in [0.25, 0.3) is 0 Å². The molecule has 1 heterocycles. The molecule has 6 aromatic rings. The number of halogens is 3. The highest BCUT2D eigenvalue weighted by Crippen LogP contribution is 2.35. The normalized spacial score (nSPS) is 11.8. The van der Waals surface area contributed by atoms with Crippen LogP contribution in [0.4, 0.5) is 13.2 Å².